The van der Waals surface area contributed by atoms with Crippen molar-refractivity contribution >= 4 is 0 Å². The van der Waals surface area contributed by atoms with Crippen molar-refractivity contribution in [2.75, 3.05) is 0 Å². The van der Waals surface area contributed by atoms with Crippen LogP contribution in [0.5, 0.6) is 0 Å². The minimum Gasteiger partial charge on any atom is -0.428 e. The van der Waals surface area contributed by atoms with E-state index in [1.807, 2.05) is 48.5 Å². The lowest BCUT2D eigenvalue weighted by Gasteiger charge is -2.10. The Hall–Kier alpha value is -2.58. The maximum atomic E-state index is 4.87. The maximum Gasteiger partial charge on any atom is 0.228 e. The average molecular weight is 350 g/mol. The van der Waals surface area contributed by atoms with E-state index in [9.17, 15) is 0 Å². The third-order valence-electron chi connectivity index (χ3n) is 2.78. The van der Waals surface area contributed by atoms with E-state index in [0.717, 1.165) is 5.82 Å². The number of hydrogen-bond acceptors (Lipinski definition) is 9. The van der Waals surface area contributed by atoms with Gasteiger partial charge < -0.3 is 13.5 Å². The highest BCUT2D eigenvalue weighted by Crippen LogP contribution is 2.16. The van der Waals surface area contributed by atoms with Crippen LogP contribution in [0.4, 0.5) is 0 Å². The molecule has 3 heterocycles. The molecule has 0 aliphatic heterocycles. The summed E-state index contributed by atoms with van der Waals surface area (Å²) in [6, 6.07) is 0. The highest BCUT2D eigenvalue weighted by atomic mass is 16.5. The molecule has 3 rings (SSSR count). The molecular formula is C16H26N6O3. The van der Waals surface area contributed by atoms with Gasteiger partial charge in [-0.3, -0.25) is 0 Å². The van der Waals surface area contributed by atoms with Gasteiger partial charge >= 0.3 is 0 Å². The van der Waals surface area contributed by atoms with Gasteiger partial charge in [0.2, 0.25) is 24.6 Å². The number of hydrogen-bond donors (Lipinski definition) is 0. The second-order valence-corrected chi connectivity index (χ2v) is 6.87. The quantitative estimate of drug-likeness (QED) is 0.680. The number of rotatable bonds is 2. The molecule has 3 aromatic heterocycles. The van der Waals surface area contributed by atoms with E-state index in [2.05, 4.69) is 35.0 Å². The Balaban J connectivity index is 0.000000188. The largest absolute Gasteiger partial charge is 0.428 e. The van der Waals surface area contributed by atoms with Crippen molar-refractivity contribution in [3.05, 3.63) is 36.7 Å². The Morgan fingerprint density at radius 1 is 0.920 bits per heavy atom. The van der Waals surface area contributed by atoms with Crippen molar-refractivity contribution in [2.45, 2.75) is 65.7 Å². The van der Waals surface area contributed by atoms with Crippen molar-refractivity contribution in [1.82, 2.24) is 30.5 Å². The molecule has 0 saturated heterocycles. The summed E-state index contributed by atoms with van der Waals surface area (Å²) in [6.45, 7) is 14.1. The molecule has 0 spiro atoms. The van der Waals surface area contributed by atoms with Gasteiger partial charge in [0.05, 0.1) is 0 Å². The molecule has 0 atom stereocenters. The van der Waals surface area contributed by atoms with Crippen LogP contribution in [0.3, 0.4) is 0 Å². The number of nitrogens with zero attached hydrogens (tertiary/aromatic N) is 6. The Labute approximate surface area is 147 Å². The molecule has 0 bridgehead atoms. The van der Waals surface area contributed by atoms with E-state index in [1.165, 1.54) is 19.1 Å². The molecule has 0 aromatic carbocycles. The van der Waals surface area contributed by atoms with Crippen LogP contribution in [0.25, 0.3) is 0 Å². The maximum absolute atomic E-state index is 4.87. The lowest BCUT2D eigenvalue weighted by atomic mass is 9.96. The van der Waals surface area contributed by atoms with Gasteiger partial charge in [0.1, 0.15) is 0 Å². The smallest absolute Gasteiger partial charge is 0.228 e. The van der Waals surface area contributed by atoms with Crippen molar-refractivity contribution in [2.24, 2.45) is 0 Å². The van der Waals surface area contributed by atoms with Crippen molar-refractivity contribution in [3.63, 3.8) is 0 Å². The van der Waals surface area contributed by atoms with E-state index in [0.29, 0.717) is 23.6 Å². The molecule has 9 heteroatoms. The van der Waals surface area contributed by atoms with Gasteiger partial charge in [0, 0.05) is 17.3 Å². The highest BCUT2D eigenvalue weighted by molar-refractivity contribution is 4.96. The predicted octanol–water partition coefficient (Wildman–Crippen LogP) is 3.75. The molecule has 0 amide bonds. The Bertz CT molecular complexity index is 617. The van der Waals surface area contributed by atoms with Crippen LogP contribution < -0.4 is 0 Å². The molecule has 0 saturated carbocycles. The normalized spacial score (nSPS) is 10.9. The fourth-order valence-electron chi connectivity index (χ4n) is 1.37. The van der Waals surface area contributed by atoms with Gasteiger partial charge in [-0.15, -0.1) is 10.2 Å². The minimum atomic E-state index is 0.00694. The molecule has 0 fully saturated rings. The molecule has 138 valence electrons. The van der Waals surface area contributed by atoms with Crippen LogP contribution in [0, 0.1) is 0 Å². The lowest BCUT2D eigenvalue weighted by molar-refractivity contribution is 0.364. The molecular weight excluding hydrogens is 324 g/mol. The first-order chi connectivity index (χ1) is 11.7. The first-order valence-corrected chi connectivity index (χ1v) is 8.01. The summed E-state index contributed by atoms with van der Waals surface area (Å²) >= 11 is 0. The second-order valence-electron chi connectivity index (χ2n) is 6.87. The zero-order chi connectivity index (χ0) is 18.9. The monoisotopic (exact) mass is 350 g/mol. The molecule has 0 aliphatic rings. The van der Waals surface area contributed by atoms with Crippen molar-refractivity contribution in [3.8, 4) is 0 Å². The Morgan fingerprint density at radius 3 is 1.84 bits per heavy atom. The molecule has 0 aliphatic carbocycles. The summed E-state index contributed by atoms with van der Waals surface area (Å²) in [5, 5.41) is 14.4. The second kappa shape index (κ2) is 9.65. The summed E-state index contributed by atoms with van der Waals surface area (Å²) in [5.74, 6) is 2.84. The van der Waals surface area contributed by atoms with Crippen LogP contribution in [-0.4, -0.2) is 30.5 Å². The SMILES string of the molecule is CC(C)(C)c1ncon1.CC(C)c1ncno1.CC(C)c1nnco1. The zero-order valence-corrected chi connectivity index (χ0v) is 15.8. The van der Waals surface area contributed by atoms with Crippen LogP contribution in [0.2, 0.25) is 0 Å². The predicted molar refractivity (Wildman–Crippen MR) is 89.8 cm³/mol. The first-order valence-electron chi connectivity index (χ1n) is 8.01. The van der Waals surface area contributed by atoms with Gasteiger partial charge in [-0.05, 0) is 0 Å². The summed E-state index contributed by atoms with van der Waals surface area (Å²) in [5.41, 5.74) is 0.00694. The van der Waals surface area contributed by atoms with Gasteiger partial charge in [-0.1, -0.05) is 58.8 Å². The van der Waals surface area contributed by atoms with E-state index in [4.69, 9.17) is 8.94 Å². The highest BCUT2D eigenvalue weighted by Gasteiger charge is 2.17. The lowest BCUT2D eigenvalue weighted by Crippen LogP contribution is -2.12. The van der Waals surface area contributed by atoms with Crippen LogP contribution >= 0.6 is 0 Å². The minimum absolute atomic E-state index is 0.00694. The Morgan fingerprint density at radius 2 is 1.60 bits per heavy atom. The van der Waals surface area contributed by atoms with E-state index in [1.54, 1.807) is 0 Å². The van der Waals surface area contributed by atoms with Crippen LogP contribution in [0.15, 0.2) is 32.6 Å². The van der Waals surface area contributed by atoms with Crippen molar-refractivity contribution < 1.29 is 13.5 Å². The summed E-state index contributed by atoms with van der Waals surface area (Å²) < 4.78 is 14.2. The van der Waals surface area contributed by atoms with Gasteiger partial charge in [0.15, 0.2) is 12.2 Å². The van der Waals surface area contributed by atoms with E-state index >= 15 is 0 Å². The Kier molecular flexibility index (Phi) is 7.90. The third kappa shape index (κ3) is 7.69. The fraction of sp³-hybridized carbons (Fsp3) is 0.625. The van der Waals surface area contributed by atoms with Crippen molar-refractivity contribution in [1.29, 1.82) is 0 Å². The average Bonchev–Trinajstić information content (AvgIpc) is 3.28. The standard InChI is InChI=1S/C6H10N2O.2C5H8N2O/c1-6(2,3)5-7-4-9-8-5;1-4(2)5-7-6-3-8-5;1-4(2)5-6-3-7-8-5/h4H,1-3H3;2*3-4H,1-2H3. The van der Waals surface area contributed by atoms with E-state index < -0.39 is 0 Å². The molecule has 0 unspecified atom stereocenters. The fourth-order valence-corrected chi connectivity index (χ4v) is 1.37. The summed E-state index contributed by atoms with van der Waals surface area (Å²) in [6.07, 6.45) is 4.10. The molecule has 0 radical (unpaired) electrons. The molecule has 0 N–H and O–H groups in total. The van der Waals surface area contributed by atoms with Crippen LogP contribution in [-0.2, 0) is 5.41 Å². The van der Waals surface area contributed by atoms with E-state index in [-0.39, 0.29) is 5.41 Å². The van der Waals surface area contributed by atoms with Gasteiger partial charge in [-0.2, -0.15) is 9.97 Å². The topological polar surface area (TPSA) is 117 Å². The summed E-state index contributed by atoms with van der Waals surface area (Å²) in [4.78, 5) is 7.75. The molecule has 25 heavy (non-hydrogen) atoms. The van der Waals surface area contributed by atoms with Gasteiger partial charge in [-0.25, -0.2) is 0 Å². The first kappa shape index (κ1) is 20.5. The zero-order valence-electron chi connectivity index (χ0n) is 15.8. The third-order valence-corrected chi connectivity index (χ3v) is 2.78. The molecule has 9 nitrogen and oxygen atoms in total. The number of aromatic nitrogens is 6. The van der Waals surface area contributed by atoms with Gasteiger partial charge in [0.25, 0.3) is 0 Å². The summed E-state index contributed by atoms with van der Waals surface area (Å²) in [7, 11) is 0. The van der Waals surface area contributed by atoms with Crippen LogP contribution in [0.1, 0.15) is 77.9 Å². The molecule has 3 aromatic rings.